The lowest BCUT2D eigenvalue weighted by Gasteiger charge is -2.34. The fourth-order valence-corrected chi connectivity index (χ4v) is 4.05. The van der Waals surface area contributed by atoms with Crippen LogP contribution >= 0.6 is 11.3 Å². The van der Waals surface area contributed by atoms with E-state index in [1.165, 1.54) is 0 Å². The van der Waals surface area contributed by atoms with E-state index in [2.05, 4.69) is 22.4 Å². The van der Waals surface area contributed by atoms with Crippen LogP contribution in [-0.2, 0) is 11.3 Å². The van der Waals surface area contributed by atoms with E-state index < -0.39 is 0 Å². The summed E-state index contributed by atoms with van der Waals surface area (Å²) in [4.78, 5) is 21.4. The maximum absolute atomic E-state index is 12.4. The molecule has 0 radical (unpaired) electrons. The molecule has 0 unspecified atom stereocenters. The summed E-state index contributed by atoms with van der Waals surface area (Å²) in [5.41, 5.74) is 2.25. The number of carbonyl (C=O) groups is 1. The number of para-hydroxylation sites is 1. The van der Waals surface area contributed by atoms with E-state index >= 15 is 0 Å². The first-order chi connectivity index (χ1) is 13.8. The molecule has 1 amide bonds. The van der Waals surface area contributed by atoms with Gasteiger partial charge in [0.05, 0.1) is 5.69 Å². The molecule has 2 aromatic carbocycles. The van der Waals surface area contributed by atoms with Gasteiger partial charge in [-0.05, 0) is 12.1 Å². The van der Waals surface area contributed by atoms with Gasteiger partial charge < -0.3 is 9.64 Å². The van der Waals surface area contributed by atoms with Gasteiger partial charge in [-0.2, -0.15) is 0 Å². The predicted octanol–water partition coefficient (Wildman–Crippen LogP) is 3.53. The lowest BCUT2D eigenvalue weighted by Crippen LogP contribution is -2.49. The Labute approximate surface area is 169 Å². The summed E-state index contributed by atoms with van der Waals surface area (Å²) in [5, 5.41) is 3.19. The number of carbonyl (C=O) groups excluding carboxylic acids is 1. The minimum Gasteiger partial charge on any atom is -0.484 e. The van der Waals surface area contributed by atoms with Crippen LogP contribution in [0.4, 0.5) is 0 Å². The molecule has 1 saturated heterocycles. The van der Waals surface area contributed by atoms with E-state index in [9.17, 15) is 4.79 Å². The van der Waals surface area contributed by atoms with Crippen LogP contribution in [0.2, 0.25) is 0 Å². The molecular formula is C22H23N3O2S. The average molecular weight is 394 g/mol. The van der Waals surface area contributed by atoms with Crippen LogP contribution in [0.15, 0.2) is 66.0 Å². The number of aromatic nitrogens is 1. The Hall–Kier alpha value is -2.70. The van der Waals surface area contributed by atoms with Crippen LogP contribution in [0.5, 0.6) is 5.75 Å². The maximum Gasteiger partial charge on any atom is 0.260 e. The third-order valence-electron chi connectivity index (χ3n) is 4.79. The fraction of sp³-hybridized carbons (Fsp3) is 0.273. The van der Waals surface area contributed by atoms with Gasteiger partial charge in [-0.15, -0.1) is 11.3 Å². The highest BCUT2D eigenvalue weighted by molar-refractivity contribution is 7.13. The molecule has 1 aliphatic rings. The summed E-state index contributed by atoms with van der Waals surface area (Å²) in [6.45, 7) is 4.09. The van der Waals surface area contributed by atoms with Crippen molar-refractivity contribution in [2.75, 3.05) is 32.8 Å². The molecule has 0 saturated carbocycles. The molecule has 0 spiro atoms. The Balaban J connectivity index is 1.24. The number of rotatable bonds is 6. The summed E-state index contributed by atoms with van der Waals surface area (Å²) >= 11 is 1.68. The number of benzene rings is 2. The summed E-state index contributed by atoms with van der Waals surface area (Å²) in [6, 6.07) is 19.7. The topological polar surface area (TPSA) is 45.7 Å². The highest BCUT2D eigenvalue weighted by Crippen LogP contribution is 2.24. The molecule has 0 bridgehead atoms. The second kappa shape index (κ2) is 8.99. The van der Waals surface area contributed by atoms with Crippen molar-refractivity contribution in [2.24, 2.45) is 0 Å². The molecule has 3 aromatic rings. The first kappa shape index (κ1) is 18.7. The minimum atomic E-state index is 0.0449. The predicted molar refractivity (Wildman–Crippen MR) is 111 cm³/mol. The summed E-state index contributed by atoms with van der Waals surface area (Å²) in [7, 11) is 0. The third-order valence-corrected chi connectivity index (χ3v) is 5.73. The second-order valence-corrected chi connectivity index (χ2v) is 7.63. The highest BCUT2D eigenvalue weighted by atomic mass is 32.1. The van der Waals surface area contributed by atoms with Gasteiger partial charge in [0.25, 0.3) is 5.91 Å². The molecule has 0 N–H and O–H groups in total. The van der Waals surface area contributed by atoms with Gasteiger partial charge in [0.2, 0.25) is 0 Å². The van der Waals surface area contributed by atoms with E-state index in [0.29, 0.717) is 0 Å². The Morgan fingerprint density at radius 1 is 0.964 bits per heavy atom. The van der Waals surface area contributed by atoms with Gasteiger partial charge >= 0.3 is 0 Å². The molecule has 2 heterocycles. The quantitative estimate of drug-likeness (QED) is 0.643. The number of nitrogens with zero attached hydrogens (tertiary/aromatic N) is 3. The van der Waals surface area contributed by atoms with Crippen molar-refractivity contribution in [1.29, 1.82) is 0 Å². The van der Waals surface area contributed by atoms with E-state index in [1.807, 2.05) is 53.4 Å². The minimum absolute atomic E-state index is 0.0449. The van der Waals surface area contributed by atoms with Gasteiger partial charge in [0.1, 0.15) is 10.8 Å². The van der Waals surface area contributed by atoms with E-state index in [1.54, 1.807) is 11.3 Å². The molecule has 4 rings (SSSR count). The van der Waals surface area contributed by atoms with Crippen LogP contribution in [0, 0.1) is 0 Å². The lowest BCUT2D eigenvalue weighted by atomic mass is 10.2. The molecule has 144 valence electrons. The van der Waals surface area contributed by atoms with E-state index in [-0.39, 0.29) is 12.5 Å². The Kier molecular flexibility index (Phi) is 5.99. The summed E-state index contributed by atoms with van der Waals surface area (Å²) < 4.78 is 5.57. The summed E-state index contributed by atoms with van der Waals surface area (Å²) in [5.74, 6) is 0.774. The second-order valence-electron chi connectivity index (χ2n) is 6.77. The van der Waals surface area contributed by atoms with Crippen molar-refractivity contribution >= 4 is 17.2 Å². The zero-order valence-electron chi connectivity index (χ0n) is 15.7. The van der Waals surface area contributed by atoms with Gasteiger partial charge in [0, 0.05) is 43.7 Å². The molecule has 6 heteroatoms. The largest absolute Gasteiger partial charge is 0.484 e. The van der Waals surface area contributed by atoms with E-state index in [4.69, 9.17) is 9.72 Å². The maximum atomic E-state index is 12.4. The highest BCUT2D eigenvalue weighted by Gasteiger charge is 2.22. The monoisotopic (exact) mass is 393 g/mol. The van der Waals surface area contributed by atoms with Gasteiger partial charge in [-0.1, -0.05) is 48.5 Å². The number of thiazole rings is 1. The van der Waals surface area contributed by atoms with Crippen LogP contribution in [0.3, 0.4) is 0 Å². The van der Waals surface area contributed by atoms with Crippen LogP contribution < -0.4 is 4.74 Å². The number of hydrogen-bond donors (Lipinski definition) is 0. The summed E-state index contributed by atoms with van der Waals surface area (Å²) in [6.07, 6.45) is 0. The van der Waals surface area contributed by atoms with Gasteiger partial charge in [0.15, 0.2) is 6.61 Å². The molecular weight excluding hydrogens is 370 g/mol. The molecule has 1 aromatic heterocycles. The fourth-order valence-electron chi connectivity index (χ4n) is 3.23. The first-order valence-corrected chi connectivity index (χ1v) is 10.3. The number of piperazine rings is 1. The number of ether oxygens (including phenoxy) is 1. The van der Waals surface area contributed by atoms with Crippen molar-refractivity contribution in [2.45, 2.75) is 6.54 Å². The van der Waals surface area contributed by atoms with Crippen molar-refractivity contribution in [3.05, 3.63) is 71.7 Å². The molecule has 1 aliphatic heterocycles. The number of amides is 1. The first-order valence-electron chi connectivity index (χ1n) is 9.46. The smallest absolute Gasteiger partial charge is 0.260 e. The molecule has 28 heavy (non-hydrogen) atoms. The molecule has 0 atom stereocenters. The van der Waals surface area contributed by atoms with Crippen LogP contribution in [0.1, 0.15) is 5.69 Å². The van der Waals surface area contributed by atoms with Crippen molar-refractivity contribution < 1.29 is 9.53 Å². The normalized spacial score (nSPS) is 14.8. The third kappa shape index (κ3) is 4.77. The molecule has 1 fully saturated rings. The van der Waals surface area contributed by atoms with Gasteiger partial charge in [-0.3, -0.25) is 9.69 Å². The van der Waals surface area contributed by atoms with E-state index in [0.717, 1.165) is 54.7 Å². The Morgan fingerprint density at radius 2 is 1.64 bits per heavy atom. The SMILES string of the molecule is O=C(COc1ccccc1)N1CCN(Cc2csc(-c3ccccc3)n2)CC1. The zero-order chi connectivity index (χ0) is 19.2. The van der Waals surface area contributed by atoms with Crippen LogP contribution in [-0.4, -0.2) is 53.5 Å². The van der Waals surface area contributed by atoms with Gasteiger partial charge in [-0.25, -0.2) is 4.98 Å². The number of hydrogen-bond acceptors (Lipinski definition) is 5. The Bertz CT molecular complexity index is 890. The van der Waals surface area contributed by atoms with Crippen molar-refractivity contribution in [1.82, 2.24) is 14.8 Å². The van der Waals surface area contributed by atoms with Crippen molar-refractivity contribution in [3.8, 4) is 16.3 Å². The van der Waals surface area contributed by atoms with Crippen LogP contribution in [0.25, 0.3) is 10.6 Å². The lowest BCUT2D eigenvalue weighted by molar-refractivity contribution is -0.135. The van der Waals surface area contributed by atoms with Crippen molar-refractivity contribution in [3.63, 3.8) is 0 Å². The zero-order valence-corrected chi connectivity index (χ0v) is 16.5. The molecule has 0 aliphatic carbocycles. The standard InChI is InChI=1S/C22H23N3O2S/c26-21(16-27-20-9-5-2-6-10-20)25-13-11-24(12-14-25)15-19-17-28-22(23-19)18-7-3-1-4-8-18/h1-10,17H,11-16H2. The molecule has 5 nitrogen and oxygen atoms in total. The average Bonchev–Trinajstić information content (AvgIpc) is 3.22. The Morgan fingerprint density at radius 3 is 2.36 bits per heavy atom.